The second-order valence-corrected chi connectivity index (χ2v) is 6.04. The Morgan fingerprint density at radius 2 is 2.20 bits per heavy atom. The zero-order chi connectivity index (χ0) is 14.8. The normalized spacial score (nSPS) is 17.2. The number of thiazole rings is 1. The van der Waals surface area contributed by atoms with Crippen LogP contribution in [0, 0.1) is 0 Å². The molecule has 1 aliphatic rings. The quantitative estimate of drug-likeness (QED) is 0.832. The van der Waals surface area contributed by atoms with E-state index in [1.807, 2.05) is 12.3 Å². The summed E-state index contributed by atoms with van der Waals surface area (Å²) in [5.74, 6) is 0. The monoisotopic (exact) mass is 307 g/mol. The fourth-order valence-corrected chi connectivity index (χ4v) is 2.99. The van der Waals surface area contributed by atoms with Gasteiger partial charge in [-0.3, -0.25) is 0 Å². The molecule has 1 atom stereocenters. The Morgan fingerprint density at radius 1 is 1.50 bits per heavy atom. The molecule has 0 amide bonds. The molecule has 114 valence electrons. The molecule has 1 N–H and O–H groups in total. The average Bonchev–Trinajstić information content (AvgIpc) is 3.09. The van der Waals surface area contributed by atoms with Crippen molar-refractivity contribution in [2.24, 2.45) is 0 Å². The highest BCUT2D eigenvalue weighted by molar-refractivity contribution is 7.13. The van der Waals surface area contributed by atoms with E-state index in [4.69, 9.17) is 0 Å². The maximum Gasteiger partial charge on any atom is 0.406 e. The number of aromatic nitrogens is 1. The SMILES string of the molecule is CCCNC(C)c1csc(N(CC(F)(F)F)C2CC2)n1. The van der Waals surface area contributed by atoms with Crippen LogP contribution in [-0.4, -0.2) is 30.3 Å². The maximum atomic E-state index is 12.6. The summed E-state index contributed by atoms with van der Waals surface area (Å²) in [5, 5.41) is 5.64. The molecule has 0 saturated heterocycles. The average molecular weight is 307 g/mol. The van der Waals surface area contributed by atoms with Crippen LogP contribution in [0.25, 0.3) is 0 Å². The van der Waals surface area contributed by atoms with E-state index in [9.17, 15) is 13.2 Å². The van der Waals surface area contributed by atoms with Crippen LogP contribution in [0.1, 0.15) is 44.8 Å². The summed E-state index contributed by atoms with van der Waals surface area (Å²) in [6.07, 6.45) is -1.51. The first-order chi connectivity index (χ1) is 9.40. The van der Waals surface area contributed by atoms with E-state index in [-0.39, 0.29) is 12.1 Å². The second kappa shape index (κ2) is 6.30. The Labute approximate surface area is 121 Å². The molecule has 0 aromatic carbocycles. The molecule has 7 heteroatoms. The second-order valence-electron chi connectivity index (χ2n) is 5.21. The molecule has 1 saturated carbocycles. The molecule has 1 heterocycles. The van der Waals surface area contributed by atoms with Crippen LogP contribution < -0.4 is 10.2 Å². The van der Waals surface area contributed by atoms with Gasteiger partial charge in [-0.25, -0.2) is 4.98 Å². The number of alkyl halides is 3. The summed E-state index contributed by atoms with van der Waals surface area (Å²) in [6.45, 7) is 4.04. The van der Waals surface area contributed by atoms with Crippen molar-refractivity contribution in [3.63, 3.8) is 0 Å². The molecule has 1 fully saturated rings. The van der Waals surface area contributed by atoms with Crippen LogP contribution in [-0.2, 0) is 0 Å². The Hall–Kier alpha value is -0.820. The van der Waals surface area contributed by atoms with E-state index in [1.165, 1.54) is 16.2 Å². The lowest BCUT2D eigenvalue weighted by atomic mass is 10.2. The number of anilines is 1. The van der Waals surface area contributed by atoms with Gasteiger partial charge in [0.2, 0.25) is 0 Å². The summed E-state index contributed by atoms with van der Waals surface area (Å²) >= 11 is 1.30. The smallest absolute Gasteiger partial charge is 0.336 e. The predicted octanol–water partition coefficient (Wildman–Crippen LogP) is 3.73. The lowest BCUT2D eigenvalue weighted by Crippen LogP contribution is -2.36. The number of hydrogen-bond donors (Lipinski definition) is 1. The van der Waals surface area contributed by atoms with Crippen molar-refractivity contribution in [2.45, 2.75) is 51.4 Å². The van der Waals surface area contributed by atoms with Crippen molar-refractivity contribution in [1.29, 1.82) is 0 Å². The molecular weight excluding hydrogens is 287 g/mol. The minimum atomic E-state index is -4.18. The lowest BCUT2D eigenvalue weighted by Gasteiger charge is -2.22. The maximum absolute atomic E-state index is 12.6. The molecule has 3 nitrogen and oxygen atoms in total. The summed E-state index contributed by atoms with van der Waals surface area (Å²) in [4.78, 5) is 5.79. The van der Waals surface area contributed by atoms with Crippen molar-refractivity contribution >= 4 is 16.5 Å². The topological polar surface area (TPSA) is 28.2 Å². The van der Waals surface area contributed by atoms with Gasteiger partial charge >= 0.3 is 6.18 Å². The first-order valence-corrected chi connectivity index (χ1v) is 7.81. The van der Waals surface area contributed by atoms with E-state index in [0.29, 0.717) is 5.13 Å². The van der Waals surface area contributed by atoms with Crippen molar-refractivity contribution in [1.82, 2.24) is 10.3 Å². The summed E-state index contributed by atoms with van der Waals surface area (Å²) in [5.41, 5.74) is 0.825. The number of rotatable bonds is 7. The highest BCUT2D eigenvalue weighted by atomic mass is 32.1. The predicted molar refractivity (Wildman–Crippen MR) is 75.2 cm³/mol. The van der Waals surface area contributed by atoms with Crippen LogP contribution >= 0.6 is 11.3 Å². The van der Waals surface area contributed by atoms with Crippen LogP contribution in [0.2, 0.25) is 0 Å². The van der Waals surface area contributed by atoms with Gasteiger partial charge in [0.1, 0.15) is 6.54 Å². The minimum Gasteiger partial charge on any atom is -0.336 e. The van der Waals surface area contributed by atoms with Gasteiger partial charge in [-0.1, -0.05) is 6.92 Å². The van der Waals surface area contributed by atoms with Crippen LogP contribution in [0.15, 0.2) is 5.38 Å². The van der Waals surface area contributed by atoms with E-state index in [0.717, 1.165) is 31.5 Å². The molecule has 1 aliphatic carbocycles. The molecule has 2 rings (SSSR count). The van der Waals surface area contributed by atoms with Gasteiger partial charge in [0.15, 0.2) is 5.13 Å². The van der Waals surface area contributed by atoms with Gasteiger partial charge in [0.25, 0.3) is 0 Å². The zero-order valence-electron chi connectivity index (χ0n) is 11.7. The van der Waals surface area contributed by atoms with Gasteiger partial charge < -0.3 is 10.2 Å². The van der Waals surface area contributed by atoms with Crippen LogP contribution in [0.5, 0.6) is 0 Å². The third-order valence-corrected chi connectivity index (χ3v) is 4.13. The molecule has 0 spiro atoms. The Morgan fingerprint density at radius 3 is 2.75 bits per heavy atom. The van der Waals surface area contributed by atoms with Crippen molar-refractivity contribution in [3.05, 3.63) is 11.1 Å². The summed E-state index contributed by atoms with van der Waals surface area (Å²) in [7, 11) is 0. The highest BCUT2D eigenvalue weighted by Gasteiger charge is 2.39. The highest BCUT2D eigenvalue weighted by Crippen LogP contribution is 2.36. The molecule has 1 aromatic rings. The largest absolute Gasteiger partial charge is 0.406 e. The Balaban J connectivity index is 2.05. The van der Waals surface area contributed by atoms with Gasteiger partial charge in [-0.2, -0.15) is 13.2 Å². The molecule has 0 aliphatic heterocycles. The first-order valence-electron chi connectivity index (χ1n) is 6.93. The molecule has 0 bridgehead atoms. The Kier molecular flexibility index (Phi) is 4.90. The number of nitrogens with zero attached hydrogens (tertiary/aromatic N) is 2. The summed E-state index contributed by atoms with van der Waals surface area (Å²) in [6, 6.07) is 0.0846. The van der Waals surface area contributed by atoms with Crippen LogP contribution in [0.3, 0.4) is 0 Å². The standard InChI is InChI=1S/C13H20F3N3S/c1-3-6-17-9(2)11-7-20-12(18-11)19(10-4-5-10)8-13(14,15)16/h7,9-10,17H,3-6,8H2,1-2H3. The van der Waals surface area contributed by atoms with E-state index >= 15 is 0 Å². The van der Waals surface area contributed by atoms with E-state index in [2.05, 4.69) is 17.2 Å². The third kappa shape index (κ3) is 4.34. The number of nitrogens with one attached hydrogen (secondary N) is 1. The Bertz CT molecular complexity index is 429. The number of hydrogen-bond acceptors (Lipinski definition) is 4. The lowest BCUT2D eigenvalue weighted by molar-refractivity contribution is -0.120. The summed E-state index contributed by atoms with van der Waals surface area (Å²) < 4.78 is 37.9. The molecule has 20 heavy (non-hydrogen) atoms. The fraction of sp³-hybridized carbons (Fsp3) is 0.769. The number of halogens is 3. The molecule has 0 radical (unpaired) electrons. The minimum absolute atomic E-state index is 0.00883. The van der Waals surface area contributed by atoms with Crippen molar-refractivity contribution < 1.29 is 13.2 Å². The molecular formula is C13H20F3N3S. The van der Waals surface area contributed by atoms with E-state index < -0.39 is 12.7 Å². The van der Waals surface area contributed by atoms with Crippen molar-refractivity contribution in [3.8, 4) is 0 Å². The van der Waals surface area contributed by atoms with Gasteiger partial charge in [-0.05, 0) is 32.7 Å². The van der Waals surface area contributed by atoms with E-state index in [1.54, 1.807) is 0 Å². The third-order valence-electron chi connectivity index (χ3n) is 3.24. The zero-order valence-corrected chi connectivity index (χ0v) is 12.5. The molecule has 1 aromatic heterocycles. The van der Waals surface area contributed by atoms with Crippen molar-refractivity contribution in [2.75, 3.05) is 18.0 Å². The molecule has 1 unspecified atom stereocenters. The fourth-order valence-electron chi connectivity index (χ4n) is 2.00. The van der Waals surface area contributed by atoms with Gasteiger partial charge in [-0.15, -0.1) is 11.3 Å². The van der Waals surface area contributed by atoms with Crippen LogP contribution in [0.4, 0.5) is 18.3 Å². The van der Waals surface area contributed by atoms with Gasteiger partial charge in [0, 0.05) is 17.5 Å². The van der Waals surface area contributed by atoms with Gasteiger partial charge in [0.05, 0.1) is 5.69 Å². The first kappa shape index (κ1) is 15.6.